The summed E-state index contributed by atoms with van der Waals surface area (Å²) in [7, 11) is 0. The lowest BCUT2D eigenvalue weighted by molar-refractivity contribution is 0.446. The first-order chi connectivity index (χ1) is 5.77. The third-order valence-electron chi connectivity index (χ3n) is 2.58. The van der Waals surface area contributed by atoms with Crippen LogP contribution in [0.1, 0.15) is 31.0 Å². The molecule has 1 aromatic carbocycles. The molecule has 2 atom stereocenters. The second-order valence-corrected chi connectivity index (χ2v) is 3.69. The summed E-state index contributed by atoms with van der Waals surface area (Å²) < 4.78 is 0. The Morgan fingerprint density at radius 3 is 2.83 bits per heavy atom. The van der Waals surface area contributed by atoms with E-state index in [1.54, 1.807) is 0 Å². The summed E-state index contributed by atoms with van der Waals surface area (Å²) >= 11 is 0. The summed E-state index contributed by atoms with van der Waals surface area (Å²) in [5.74, 6) is 0. The molecule has 0 spiro atoms. The molecule has 0 saturated carbocycles. The summed E-state index contributed by atoms with van der Waals surface area (Å²) in [4.78, 5) is 0. The van der Waals surface area contributed by atoms with Gasteiger partial charge in [0.2, 0.25) is 0 Å². The van der Waals surface area contributed by atoms with E-state index in [1.807, 2.05) is 0 Å². The van der Waals surface area contributed by atoms with Crippen molar-refractivity contribution < 1.29 is 0 Å². The third-order valence-corrected chi connectivity index (χ3v) is 2.58. The Balaban J connectivity index is 2.40. The highest BCUT2D eigenvalue weighted by Gasteiger charge is 2.18. The maximum absolute atomic E-state index is 3.54. The first-order valence-corrected chi connectivity index (χ1v) is 4.61. The van der Waals surface area contributed by atoms with Crippen molar-refractivity contribution in [1.82, 2.24) is 5.32 Å². The van der Waals surface area contributed by atoms with E-state index in [1.165, 1.54) is 17.5 Å². The van der Waals surface area contributed by atoms with Crippen LogP contribution >= 0.6 is 0 Å². The van der Waals surface area contributed by atoms with Gasteiger partial charge in [0, 0.05) is 12.1 Å². The molecule has 12 heavy (non-hydrogen) atoms. The summed E-state index contributed by atoms with van der Waals surface area (Å²) in [5.41, 5.74) is 2.98. The van der Waals surface area contributed by atoms with Crippen LogP contribution in [0.25, 0.3) is 0 Å². The fraction of sp³-hybridized carbons (Fsp3) is 0.455. The molecule has 0 bridgehead atoms. The van der Waals surface area contributed by atoms with Crippen LogP contribution in [0.2, 0.25) is 0 Å². The molecule has 1 heteroatoms. The van der Waals surface area contributed by atoms with Gasteiger partial charge in [-0.2, -0.15) is 0 Å². The first kappa shape index (κ1) is 7.81. The zero-order valence-corrected chi connectivity index (χ0v) is 7.67. The van der Waals surface area contributed by atoms with Gasteiger partial charge in [-0.15, -0.1) is 0 Å². The van der Waals surface area contributed by atoms with Crippen LogP contribution in [0.3, 0.4) is 0 Å². The van der Waals surface area contributed by atoms with E-state index >= 15 is 0 Å². The minimum absolute atomic E-state index is 0.518. The van der Waals surface area contributed by atoms with Gasteiger partial charge in [-0.25, -0.2) is 0 Å². The molecule has 1 heterocycles. The maximum atomic E-state index is 3.54. The van der Waals surface area contributed by atoms with Gasteiger partial charge in [0.15, 0.2) is 0 Å². The average Bonchev–Trinajstić information content (AvgIpc) is 2.04. The highest BCUT2D eigenvalue weighted by molar-refractivity contribution is 5.32. The van der Waals surface area contributed by atoms with Crippen molar-refractivity contribution >= 4 is 0 Å². The van der Waals surface area contributed by atoms with Crippen LogP contribution in [0.4, 0.5) is 0 Å². The molecule has 1 aliphatic heterocycles. The molecule has 1 aliphatic rings. The standard InChI is InChI=1S/C11H15N/c1-8-7-10-5-3-4-6-11(10)9(2)12-8/h3-6,8-9,12H,7H2,1-2H3/t8-,9+/m1/s1. The summed E-state index contributed by atoms with van der Waals surface area (Å²) in [6.07, 6.45) is 1.17. The Morgan fingerprint density at radius 2 is 2.00 bits per heavy atom. The molecule has 0 fully saturated rings. The van der Waals surface area contributed by atoms with Crippen LogP contribution in [-0.4, -0.2) is 6.04 Å². The van der Waals surface area contributed by atoms with Crippen molar-refractivity contribution in [2.75, 3.05) is 0 Å². The van der Waals surface area contributed by atoms with E-state index in [9.17, 15) is 0 Å². The molecule has 2 rings (SSSR count). The third kappa shape index (κ3) is 1.25. The van der Waals surface area contributed by atoms with Crippen molar-refractivity contribution in [2.24, 2.45) is 0 Å². The molecule has 64 valence electrons. The molecule has 1 aromatic rings. The number of hydrogen-bond acceptors (Lipinski definition) is 1. The van der Waals surface area contributed by atoms with Crippen molar-refractivity contribution in [2.45, 2.75) is 32.4 Å². The topological polar surface area (TPSA) is 12.0 Å². The second-order valence-electron chi connectivity index (χ2n) is 3.69. The SMILES string of the molecule is C[C@@H]1Cc2ccccc2[C@H](C)N1. The zero-order valence-electron chi connectivity index (χ0n) is 7.67. The predicted octanol–water partition coefficient (Wildman–Crippen LogP) is 2.28. The van der Waals surface area contributed by atoms with Gasteiger partial charge in [-0.1, -0.05) is 24.3 Å². The van der Waals surface area contributed by atoms with Crippen LogP contribution in [0.15, 0.2) is 24.3 Å². The molecule has 0 aromatic heterocycles. The highest BCUT2D eigenvalue weighted by atomic mass is 14.9. The molecule has 0 amide bonds. The largest absolute Gasteiger partial charge is 0.307 e. The van der Waals surface area contributed by atoms with Gasteiger partial charge in [-0.05, 0) is 31.4 Å². The molecule has 1 N–H and O–H groups in total. The molecule has 0 radical (unpaired) electrons. The number of hydrogen-bond donors (Lipinski definition) is 1. The van der Waals surface area contributed by atoms with Crippen LogP contribution in [-0.2, 0) is 6.42 Å². The van der Waals surface area contributed by atoms with E-state index in [4.69, 9.17) is 0 Å². The first-order valence-electron chi connectivity index (χ1n) is 4.61. The smallest absolute Gasteiger partial charge is 0.0297 e. The van der Waals surface area contributed by atoms with Gasteiger partial charge in [0.25, 0.3) is 0 Å². The molecule has 0 aliphatic carbocycles. The van der Waals surface area contributed by atoms with Crippen molar-refractivity contribution in [3.05, 3.63) is 35.4 Å². The summed E-state index contributed by atoms with van der Waals surface area (Å²) in [6, 6.07) is 9.85. The average molecular weight is 161 g/mol. The normalized spacial score (nSPS) is 28.2. The van der Waals surface area contributed by atoms with E-state index in [2.05, 4.69) is 43.4 Å². The lowest BCUT2D eigenvalue weighted by Gasteiger charge is -2.28. The monoisotopic (exact) mass is 161 g/mol. The minimum Gasteiger partial charge on any atom is -0.307 e. The Hall–Kier alpha value is -0.820. The number of rotatable bonds is 0. The van der Waals surface area contributed by atoms with Crippen LogP contribution in [0, 0.1) is 0 Å². The van der Waals surface area contributed by atoms with Crippen LogP contribution < -0.4 is 5.32 Å². The van der Waals surface area contributed by atoms with Crippen molar-refractivity contribution in [1.29, 1.82) is 0 Å². The number of nitrogens with one attached hydrogen (secondary N) is 1. The van der Waals surface area contributed by atoms with E-state index in [0.717, 1.165) is 0 Å². The minimum atomic E-state index is 0.518. The highest BCUT2D eigenvalue weighted by Crippen LogP contribution is 2.23. The number of fused-ring (bicyclic) bond motifs is 1. The van der Waals surface area contributed by atoms with Gasteiger partial charge in [0.1, 0.15) is 0 Å². The van der Waals surface area contributed by atoms with Gasteiger partial charge >= 0.3 is 0 Å². The van der Waals surface area contributed by atoms with Crippen LogP contribution in [0.5, 0.6) is 0 Å². The Bertz CT molecular complexity index is 280. The number of benzene rings is 1. The van der Waals surface area contributed by atoms with E-state index in [-0.39, 0.29) is 0 Å². The van der Waals surface area contributed by atoms with Gasteiger partial charge in [-0.3, -0.25) is 0 Å². The van der Waals surface area contributed by atoms with Crippen molar-refractivity contribution in [3.63, 3.8) is 0 Å². The fourth-order valence-electron chi connectivity index (χ4n) is 2.05. The Kier molecular flexibility index (Phi) is 1.89. The Labute approximate surface area is 73.8 Å². The lowest BCUT2D eigenvalue weighted by atomic mass is 9.92. The van der Waals surface area contributed by atoms with E-state index < -0.39 is 0 Å². The molecule has 0 unspecified atom stereocenters. The Morgan fingerprint density at radius 1 is 1.25 bits per heavy atom. The summed E-state index contributed by atoms with van der Waals surface area (Å²) in [6.45, 7) is 4.47. The lowest BCUT2D eigenvalue weighted by Crippen LogP contribution is -2.35. The van der Waals surface area contributed by atoms with Crippen molar-refractivity contribution in [3.8, 4) is 0 Å². The van der Waals surface area contributed by atoms with Gasteiger partial charge in [0.05, 0.1) is 0 Å². The molecular weight excluding hydrogens is 146 g/mol. The second kappa shape index (κ2) is 2.91. The maximum Gasteiger partial charge on any atom is 0.0297 e. The van der Waals surface area contributed by atoms with E-state index in [0.29, 0.717) is 12.1 Å². The molecule has 0 saturated heterocycles. The predicted molar refractivity (Wildman–Crippen MR) is 51.2 cm³/mol. The fourth-order valence-corrected chi connectivity index (χ4v) is 2.05. The zero-order chi connectivity index (χ0) is 8.55. The molecule has 1 nitrogen and oxygen atoms in total. The quantitative estimate of drug-likeness (QED) is 0.615. The van der Waals surface area contributed by atoms with Gasteiger partial charge < -0.3 is 5.32 Å². The molecular formula is C11H15N. The summed E-state index contributed by atoms with van der Waals surface area (Å²) in [5, 5.41) is 3.54.